The molecule has 0 spiro atoms. The van der Waals surface area contributed by atoms with Gasteiger partial charge in [-0.25, -0.2) is 4.79 Å². The molecule has 0 radical (unpaired) electrons. The van der Waals surface area contributed by atoms with Crippen molar-refractivity contribution in [3.05, 3.63) is 35.4 Å². The number of urea groups is 1. The molecule has 0 aliphatic heterocycles. The van der Waals surface area contributed by atoms with Crippen LogP contribution in [0.1, 0.15) is 42.9 Å². The van der Waals surface area contributed by atoms with Crippen LogP contribution in [0.5, 0.6) is 0 Å². The fourth-order valence-corrected chi connectivity index (χ4v) is 3.15. The Morgan fingerprint density at radius 3 is 2.86 bits per heavy atom. The monoisotopic (exact) mass is 288 g/mol. The quantitative estimate of drug-likeness (QED) is 0.845. The van der Waals surface area contributed by atoms with Gasteiger partial charge in [0, 0.05) is 19.7 Å². The zero-order valence-corrected chi connectivity index (χ0v) is 12.4. The third-order valence-corrected chi connectivity index (χ3v) is 4.53. The van der Waals surface area contributed by atoms with Crippen LogP contribution in [0, 0.1) is 5.92 Å². The molecule has 1 fully saturated rings. The molecular formula is C17H24N2O2. The largest absolute Gasteiger partial charge is 0.396 e. The van der Waals surface area contributed by atoms with E-state index < -0.39 is 0 Å². The Labute approximate surface area is 126 Å². The Hall–Kier alpha value is -1.55. The Balaban J connectivity index is 1.70. The van der Waals surface area contributed by atoms with Gasteiger partial charge < -0.3 is 15.3 Å². The maximum atomic E-state index is 12.5. The molecule has 4 heteroatoms. The number of aryl methyl sites for hydroxylation is 1. The summed E-state index contributed by atoms with van der Waals surface area (Å²) in [6, 6.07) is 8.58. The molecule has 2 aliphatic rings. The highest BCUT2D eigenvalue weighted by atomic mass is 16.3. The van der Waals surface area contributed by atoms with Crippen LogP contribution in [0.15, 0.2) is 24.3 Å². The number of rotatable bonds is 6. The third kappa shape index (κ3) is 3.38. The molecule has 1 saturated carbocycles. The standard InChI is InChI=1S/C17H24N2O2/c20-11-3-10-19(17(21)18-12-13-6-7-13)16-9-8-14-4-1-2-5-15(14)16/h1-2,4-5,13,16,20H,3,6-12H2,(H,18,21). The van der Waals surface area contributed by atoms with Crippen LogP contribution in [-0.4, -0.2) is 35.7 Å². The number of aliphatic hydroxyl groups excluding tert-OH is 1. The van der Waals surface area contributed by atoms with E-state index in [1.807, 2.05) is 11.0 Å². The van der Waals surface area contributed by atoms with Crippen molar-refractivity contribution in [3.8, 4) is 0 Å². The van der Waals surface area contributed by atoms with Crippen LogP contribution in [0.2, 0.25) is 0 Å². The van der Waals surface area contributed by atoms with Crippen molar-refractivity contribution < 1.29 is 9.90 Å². The third-order valence-electron chi connectivity index (χ3n) is 4.53. The lowest BCUT2D eigenvalue weighted by Crippen LogP contribution is -2.43. The molecule has 3 rings (SSSR count). The van der Waals surface area contributed by atoms with Gasteiger partial charge in [0.1, 0.15) is 0 Å². The average molecular weight is 288 g/mol. The summed E-state index contributed by atoms with van der Waals surface area (Å²) < 4.78 is 0. The van der Waals surface area contributed by atoms with E-state index in [-0.39, 0.29) is 18.7 Å². The number of carbonyl (C=O) groups is 1. The van der Waals surface area contributed by atoms with Gasteiger partial charge >= 0.3 is 6.03 Å². The normalized spacial score (nSPS) is 20.1. The first-order valence-corrected chi connectivity index (χ1v) is 8.02. The van der Waals surface area contributed by atoms with E-state index in [9.17, 15) is 4.79 Å². The molecule has 0 heterocycles. The van der Waals surface area contributed by atoms with Crippen molar-refractivity contribution >= 4 is 6.03 Å². The molecule has 114 valence electrons. The average Bonchev–Trinajstić information content (AvgIpc) is 3.25. The summed E-state index contributed by atoms with van der Waals surface area (Å²) in [5.41, 5.74) is 2.63. The van der Waals surface area contributed by atoms with Crippen LogP contribution in [0.25, 0.3) is 0 Å². The van der Waals surface area contributed by atoms with Crippen molar-refractivity contribution in [2.45, 2.75) is 38.1 Å². The SMILES string of the molecule is O=C(NCC1CC1)N(CCCO)C1CCc2ccccc21. The predicted molar refractivity (Wildman–Crippen MR) is 82.0 cm³/mol. The van der Waals surface area contributed by atoms with E-state index in [4.69, 9.17) is 5.11 Å². The summed E-state index contributed by atoms with van der Waals surface area (Å²) in [6.07, 6.45) is 5.13. The predicted octanol–water partition coefficient (Wildman–Crippen LogP) is 2.48. The van der Waals surface area contributed by atoms with Gasteiger partial charge in [-0.1, -0.05) is 24.3 Å². The number of amides is 2. The van der Waals surface area contributed by atoms with E-state index in [0.717, 1.165) is 19.4 Å². The first-order valence-electron chi connectivity index (χ1n) is 8.02. The van der Waals surface area contributed by atoms with Crippen LogP contribution in [0.3, 0.4) is 0 Å². The fourth-order valence-electron chi connectivity index (χ4n) is 3.15. The lowest BCUT2D eigenvalue weighted by molar-refractivity contribution is 0.164. The summed E-state index contributed by atoms with van der Waals surface area (Å²) in [5, 5.41) is 12.2. The van der Waals surface area contributed by atoms with E-state index in [1.54, 1.807) is 0 Å². The summed E-state index contributed by atoms with van der Waals surface area (Å²) >= 11 is 0. The number of carbonyl (C=O) groups excluding carboxylic acids is 1. The highest BCUT2D eigenvalue weighted by Crippen LogP contribution is 2.36. The minimum absolute atomic E-state index is 0.0250. The van der Waals surface area contributed by atoms with Crippen molar-refractivity contribution in [2.75, 3.05) is 19.7 Å². The topological polar surface area (TPSA) is 52.6 Å². The van der Waals surface area contributed by atoms with Crippen LogP contribution >= 0.6 is 0 Å². The molecule has 2 N–H and O–H groups in total. The molecule has 0 aromatic heterocycles. The van der Waals surface area contributed by atoms with Crippen molar-refractivity contribution in [2.24, 2.45) is 5.92 Å². The minimum atomic E-state index is 0.0250. The maximum Gasteiger partial charge on any atom is 0.317 e. The van der Waals surface area contributed by atoms with Gasteiger partial charge in [0.2, 0.25) is 0 Å². The molecule has 21 heavy (non-hydrogen) atoms. The van der Waals surface area contributed by atoms with Crippen molar-refractivity contribution in [1.29, 1.82) is 0 Å². The molecule has 1 aromatic carbocycles. The Kier molecular flexibility index (Phi) is 4.44. The van der Waals surface area contributed by atoms with Crippen LogP contribution in [-0.2, 0) is 6.42 Å². The zero-order valence-electron chi connectivity index (χ0n) is 12.4. The van der Waals surface area contributed by atoms with E-state index in [0.29, 0.717) is 18.9 Å². The van der Waals surface area contributed by atoms with Crippen molar-refractivity contribution in [3.63, 3.8) is 0 Å². The fraction of sp³-hybridized carbons (Fsp3) is 0.588. The van der Waals surface area contributed by atoms with E-state index in [2.05, 4.69) is 23.5 Å². The van der Waals surface area contributed by atoms with Gasteiger partial charge in [0.15, 0.2) is 0 Å². The molecular weight excluding hydrogens is 264 g/mol. The summed E-state index contributed by atoms with van der Waals surface area (Å²) in [4.78, 5) is 14.4. The van der Waals surface area contributed by atoms with Crippen molar-refractivity contribution in [1.82, 2.24) is 10.2 Å². The number of aliphatic hydroxyl groups is 1. The van der Waals surface area contributed by atoms with Gasteiger partial charge in [-0.05, 0) is 49.1 Å². The van der Waals surface area contributed by atoms with E-state index >= 15 is 0 Å². The molecule has 2 aliphatic carbocycles. The highest BCUT2D eigenvalue weighted by molar-refractivity contribution is 5.75. The molecule has 1 atom stereocenters. The number of hydrogen-bond acceptors (Lipinski definition) is 2. The molecule has 4 nitrogen and oxygen atoms in total. The lowest BCUT2D eigenvalue weighted by Gasteiger charge is -2.30. The number of benzene rings is 1. The second-order valence-electron chi connectivity index (χ2n) is 6.15. The molecule has 1 unspecified atom stereocenters. The minimum Gasteiger partial charge on any atom is -0.396 e. The maximum absolute atomic E-state index is 12.5. The Morgan fingerprint density at radius 1 is 1.29 bits per heavy atom. The number of hydrogen-bond donors (Lipinski definition) is 2. The number of nitrogens with one attached hydrogen (secondary N) is 1. The van der Waals surface area contributed by atoms with Gasteiger partial charge in [-0.2, -0.15) is 0 Å². The van der Waals surface area contributed by atoms with Crippen LogP contribution < -0.4 is 5.32 Å². The highest BCUT2D eigenvalue weighted by Gasteiger charge is 2.31. The Bertz CT molecular complexity index is 499. The van der Waals surface area contributed by atoms with E-state index in [1.165, 1.54) is 24.0 Å². The second kappa shape index (κ2) is 6.48. The molecule has 2 amide bonds. The second-order valence-corrected chi connectivity index (χ2v) is 6.15. The summed E-state index contributed by atoms with van der Waals surface area (Å²) in [7, 11) is 0. The van der Waals surface area contributed by atoms with Gasteiger partial charge in [0.05, 0.1) is 6.04 Å². The molecule has 0 saturated heterocycles. The molecule has 0 bridgehead atoms. The van der Waals surface area contributed by atoms with Crippen LogP contribution in [0.4, 0.5) is 4.79 Å². The van der Waals surface area contributed by atoms with Gasteiger partial charge in [-0.15, -0.1) is 0 Å². The summed E-state index contributed by atoms with van der Waals surface area (Å²) in [5.74, 6) is 0.685. The number of nitrogens with zero attached hydrogens (tertiary/aromatic N) is 1. The first kappa shape index (κ1) is 14.4. The number of fused-ring (bicyclic) bond motifs is 1. The first-order chi connectivity index (χ1) is 10.3. The van der Waals surface area contributed by atoms with Gasteiger partial charge in [-0.3, -0.25) is 0 Å². The van der Waals surface area contributed by atoms with Gasteiger partial charge in [0.25, 0.3) is 0 Å². The Morgan fingerprint density at radius 2 is 2.10 bits per heavy atom. The molecule has 1 aromatic rings. The lowest BCUT2D eigenvalue weighted by atomic mass is 10.1. The smallest absolute Gasteiger partial charge is 0.317 e. The zero-order chi connectivity index (χ0) is 14.7. The summed E-state index contributed by atoms with van der Waals surface area (Å²) in [6.45, 7) is 1.54.